The second-order valence-corrected chi connectivity index (χ2v) is 6.33. The summed E-state index contributed by atoms with van der Waals surface area (Å²) in [5, 5.41) is 7.42. The highest BCUT2D eigenvalue weighted by molar-refractivity contribution is 6.40. The molecule has 0 aliphatic rings. The fraction of sp³-hybridized carbons (Fsp3) is 0.167. The Balaban J connectivity index is 2.07. The number of anilines is 1. The third-order valence-corrected chi connectivity index (χ3v) is 4.12. The van der Waals surface area contributed by atoms with E-state index in [-0.39, 0.29) is 0 Å². The van der Waals surface area contributed by atoms with Crippen LogP contribution in [0.5, 0.6) is 0 Å². The summed E-state index contributed by atoms with van der Waals surface area (Å²) >= 11 is 11.9. The second kappa shape index (κ2) is 8.14. The molecule has 5 nitrogen and oxygen atoms in total. The monoisotopic (exact) mass is 377 g/mol. The Bertz CT molecular complexity index is 843. The van der Waals surface area contributed by atoms with Crippen molar-refractivity contribution in [3.05, 3.63) is 63.1 Å². The number of hydrogen-bond acceptors (Lipinski definition) is 3. The van der Waals surface area contributed by atoms with Crippen molar-refractivity contribution >= 4 is 46.4 Å². The van der Waals surface area contributed by atoms with E-state index < -0.39 is 11.8 Å². The van der Waals surface area contributed by atoms with Gasteiger partial charge in [-0.1, -0.05) is 47.5 Å². The minimum atomic E-state index is -0.868. The van der Waals surface area contributed by atoms with Gasteiger partial charge in [0.25, 0.3) is 0 Å². The van der Waals surface area contributed by atoms with Crippen LogP contribution in [0.2, 0.25) is 10.0 Å². The number of hydrogen-bond donors (Lipinski definition) is 2. The molecule has 25 heavy (non-hydrogen) atoms. The average molecular weight is 378 g/mol. The van der Waals surface area contributed by atoms with Crippen molar-refractivity contribution in [2.24, 2.45) is 5.10 Å². The van der Waals surface area contributed by atoms with E-state index in [0.29, 0.717) is 27.0 Å². The summed E-state index contributed by atoms with van der Waals surface area (Å²) in [6, 6.07) is 10.5. The molecule has 2 aromatic rings. The van der Waals surface area contributed by atoms with Gasteiger partial charge in [-0.25, -0.2) is 5.43 Å². The van der Waals surface area contributed by atoms with Gasteiger partial charge in [0.15, 0.2) is 0 Å². The topological polar surface area (TPSA) is 70.6 Å². The smallest absolute Gasteiger partial charge is 0.317 e. The van der Waals surface area contributed by atoms with Gasteiger partial charge in [0.2, 0.25) is 0 Å². The first-order chi connectivity index (χ1) is 11.8. The zero-order chi connectivity index (χ0) is 18.6. The van der Waals surface area contributed by atoms with Crippen LogP contribution in [0, 0.1) is 13.8 Å². The van der Waals surface area contributed by atoms with Crippen LogP contribution in [0.1, 0.15) is 23.6 Å². The summed E-state index contributed by atoms with van der Waals surface area (Å²) in [7, 11) is 0. The highest BCUT2D eigenvalue weighted by Crippen LogP contribution is 2.21. The molecule has 0 unspecified atom stereocenters. The first kappa shape index (κ1) is 19.0. The number of amides is 2. The summed E-state index contributed by atoms with van der Waals surface area (Å²) in [4.78, 5) is 24.0. The van der Waals surface area contributed by atoms with Crippen molar-refractivity contribution in [2.45, 2.75) is 20.8 Å². The Morgan fingerprint density at radius 2 is 1.64 bits per heavy atom. The normalized spacial score (nSPS) is 11.2. The van der Waals surface area contributed by atoms with Crippen LogP contribution in [0.4, 0.5) is 5.69 Å². The maximum Gasteiger partial charge on any atom is 0.329 e. The summed E-state index contributed by atoms with van der Waals surface area (Å²) in [5.74, 6) is -1.66. The first-order valence-electron chi connectivity index (χ1n) is 7.47. The Kier molecular flexibility index (Phi) is 6.17. The Hall–Kier alpha value is -2.37. The van der Waals surface area contributed by atoms with E-state index in [2.05, 4.69) is 15.8 Å². The standard InChI is InChI=1S/C18H17Cl2N3O2/c1-10-5-4-6-11(2)16(10)21-17(24)18(25)23-22-12(3)14-8-7-13(19)9-15(14)20/h4-9H,1-3H3,(H,21,24)(H,23,25)/b22-12+. The molecule has 2 N–H and O–H groups in total. The van der Waals surface area contributed by atoms with Crippen molar-refractivity contribution in [3.8, 4) is 0 Å². The maximum absolute atomic E-state index is 12.0. The van der Waals surface area contributed by atoms with Gasteiger partial charge in [0.05, 0.1) is 10.7 Å². The number of hydrazone groups is 1. The fourth-order valence-electron chi connectivity index (χ4n) is 2.21. The number of para-hydroxylation sites is 1. The predicted octanol–water partition coefficient (Wildman–Crippen LogP) is 4.09. The van der Waals surface area contributed by atoms with Gasteiger partial charge in [-0.3, -0.25) is 9.59 Å². The van der Waals surface area contributed by atoms with E-state index in [0.717, 1.165) is 11.1 Å². The van der Waals surface area contributed by atoms with Crippen LogP contribution < -0.4 is 10.7 Å². The lowest BCUT2D eigenvalue weighted by Crippen LogP contribution is -2.33. The molecule has 0 fully saturated rings. The number of benzene rings is 2. The summed E-state index contributed by atoms with van der Waals surface area (Å²) in [6.07, 6.45) is 0. The quantitative estimate of drug-likeness (QED) is 0.480. The zero-order valence-corrected chi connectivity index (χ0v) is 15.5. The number of halogens is 2. The van der Waals surface area contributed by atoms with Crippen LogP contribution in [-0.4, -0.2) is 17.5 Å². The van der Waals surface area contributed by atoms with Gasteiger partial charge < -0.3 is 5.32 Å². The second-order valence-electron chi connectivity index (χ2n) is 5.48. The predicted molar refractivity (Wildman–Crippen MR) is 101 cm³/mol. The fourth-order valence-corrected chi connectivity index (χ4v) is 2.76. The van der Waals surface area contributed by atoms with Crippen LogP contribution >= 0.6 is 23.2 Å². The van der Waals surface area contributed by atoms with Crippen LogP contribution in [-0.2, 0) is 9.59 Å². The number of aryl methyl sites for hydroxylation is 2. The number of carbonyl (C=O) groups excluding carboxylic acids is 2. The molecule has 0 aliphatic carbocycles. The molecule has 0 spiro atoms. The summed E-state index contributed by atoms with van der Waals surface area (Å²) in [5.41, 5.74) is 5.65. The van der Waals surface area contributed by atoms with Crippen molar-refractivity contribution < 1.29 is 9.59 Å². The lowest BCUT2D eigenvalue weighted by Gasteiger charge is -2.10. The molecule has 0 saturated carbocycles. The van der Waals surface area contributed by atoms with Crippen LogP contribution in [0.25, 0.3) is 0 Å². The highest BCUT2D eigenvalue weighted by atomic mass is 35.5. The number of rotatable bonds is 3. The first-order valence-corrected chi connectivity index (χ1v) is 8.22. The molecule has 0 aromatic heterocycles. The van der Waals surface area contributed by atoms with E-state index in [1.54, 1.807) is 25.1 Å². The molecular weight excluding hydrogens is 361 g/mol. The van der Waals surface area contributed by atoms with Crippen LogP contribution in [0.15, 0.2) is 41.5 Å². The van der Waals surface area contributed by atoms with Gasteiger partial charge in [0.1, 0.15) is 0 Å². The Labute approximate surface area is 156 Å². The van der Waals surface area contributed by atoms with E-state index in [9.17, 15) is 9.59 Å². The molecule has 2 rings (SSSR count). The van der Waals surface area contributed by atoms with E-state index in [1.807, 2.05) is 32.0 Å². The molecule has 0 saturated heterocycles. The van der Waals surface area contributed by atoms with Gasteiger partial charge in [-0.15, -0.1) is 0 Å². The Morgan fingerprint density at radius 1 is 1.00 bits per heavy atom. The Morgan fingerprint density at radius 3 is 2.24 bits per heavy atom. The van der Waals surface area contributed by atoms with Crippen molar-refractivity contribution in [2.75, 3.05) is 5.32 Å². The molecule has 2 aromatic carbocycles. The third kappa shape index (κ3) is 4.81. The molecule has 0 radical (unpaired) electrons. The molecule has 0 heterocycles. The van der Waals surface area contributed by atoms with E-state index >= 15 is 0 Å². The average Bonchev–Trinajstić information content (AvgIpc) is 2.55. The van der Waals surface area contributed by atoms with Crippen molar-refractivity contribution in [3.63, 3.8) is 0 Å². The maximum atomic E-state index is 12.0. The number of nitrogens with zero attached hydrogens (tertiary/aromatic N) is 1. The third-order valence-electron chi connectivity index (χ3n) is 3.57. The van der Waals surface area contributed by atoms with Crippen molar-refractivity contribution in [1.29, 1.82) is 0 Å². The molecule has 7 heteroatoms. The largest absolute Gasteiger partial charge is 0.329 e. The SMILES string of the molecule is C/C(=N\NC(=O)C(=O)Nc1c(C)cccc1C)c1ccc(Cl)cc1Cl. The molecule has 130 valence electrons. The molecule has 0 atom stereocenters. The number of nitrogens with one attached hydrogen (secondary N) is 2. The summed E-state index contributed by atoms with van der Waals surface area (Å²) < 4.78 is 0. The van der Waals surface area contributed by atoms with Crippen molar-refractivity contribution in [1.82, 2.24) is 5.43 Å². The summed E-state index contributed by atoms with van der Waals surface area (Å²) in [6.45, 7) is 5.37. The number of carbonyl (C=O) groups is 2. The van der Waals surface area contributed by atoms with E-state index in [4.69, 9.17) is 23.2 Å². The van der Waals surface area contributed by atoms with Gasteiger partial charge >= 0.3 is 11.8 Å². The van der Waals surface area contributed by atoms with E-state index in [1.165, 1.54) is 0 Å². The molecular formula is C18H17Cl2N3O2. The van der Waals surface area contributed by atoms with Gasteiger partial charge in [-0.05, 0) is 44.0 Å². The molecule has 0 aliphatic heterocycles. The lowest BCUT2D eigenvalue weighted by atomic mass is 10.1. The molecule has 2 amide bonds. The van der Waals surface area contributed by atoms with Crippen LogP contribution in [0.3, 0.4) is 0 Å². The minimum Gasteiger partial charge on any atom is -0.317 e. The zero-order valence-electron chi connectivity index (χ0n) is 14.0. The van der Waals surface area contributed by atoms with Gasteiger partial charge in [0, 0.05) is 16.3 Å². The van der Waals surface area contributed by atoms with Gasteiger partial charge in [-0.2, -0.15) is 5.10 Å². The minimum absolute atomic E-state index is 0.406. The lowest BCUT2D eigenvalue weighted by molar-refractivity contribution is -0.136. The molecule has 0 bridgehead atoms. The highest BCUT2D eigenvalue weighted by Gasteiger charge is 2.15.